The Morgan fingerprint density at radius 2 is 2.06 bits per heavy atom. The van der Waals surface area contributed by atoms with Gasteiger partial charge in [0, 0.05) is 13.1 Å². The third kappa shape index (κ3) is 3.81. The van der Waals surface area contributed by atoms with Crippen molar-refractivity contribution in [2.24, 2.45) is 13.0 Å². The highest BCUT2D eigenvalue weighted by Gasteiger charge is 2.16. The fourth-order valence-electron chi connectivity index (χ4n) is 2.18. The lowest BCUT2D eigenvalue weighted by atomic mass is 9.97. The predicted molar refractivity (Wildman–Crippen MR) is 76.3 cm³/mol. The van der Waals surface area contributed by atoms with E-state index in [0.717, 1.165) is 18.5 Å². The minimum absolute atomic E-state index is 0.572. The molecule has 1 heterocycles. The van der Waals surface area contributed by atoms with Crippen molar-refractivity contribution in [3.8, 4) is 0 Å². The van der Waals surface area contributed by atoms with Crippen LogP contribution in [0.4, 0.5) is 0 Å². The lowest BCUT2D eigenvalue weighted by Crippen LogP contribution is -2.24. The van der Waals surface area contributed by atoms with E-state index < -0.39 is 0 Å². The van der Waals surface area contributed by atoms with Crippen LogP contribution in [0.25, 0.3) is 0 Å². The van der Waals surface area contributed by atoms with Gasteiger partial charge in [-0.25, -0.2) is 0 Å². The second kappa shape index (κ2) is 6.55. The molecule has 3 nitrogen and oxygen atoms in total. The number of rotatable bonds is 6. The molecule has 2 unspecified atom stereocenters. The summed E-state index contributed by atoms with van der Waals surface area (Å²) in [6.07, 6.45) is 3.25. The third-order valence-electron chi connectivity index (χ3n) is 3.29. The molecule has 17 heavy (non-hydrogen) atoms. The highest BCUT2D eigenvalue weighted by atomic mass is 79.9. The number of nitrogens with zero attached hydrogens (tertiary/aromatic N) is 2. The van der Waals surface area contributed by atoms with E-state index in [2.05, 4.69) is 47.1 Å². The molecule has 1 aromatic heterocycles. The van der Waals surface area contributed by atoms with E-state index >= 15 is 0 Å². The number of hydrogen-bond acceptors (Lipinski definition) is 2. The van der Waals surface area contributed by atoms with E-state index in [-0.39, 0.29) is 0 Å². The Morgan fingerprint density at radius 1 is 1.41 bits per heavy atom. The van der Waals surface area contributed by atoms with E-state index in [1.807, 2.05) is 18.8 Å². The Labute approximate surface area is 113 Å². The van der Waals surface area contributed by atoms with Crippen molar-refractivity contribution < 1.29 is 0 Å². The van der Waals surface area contributed by atoms with Crippen LogP contribution in [0.3, 0.4) is 0 Å². The van der Waals surface area contributed by atoms with Crippen molar-refractivity contribution in [1.82, 2.24) is 15.1 Å². The average Bonchev–Trinajstić information content (AvgIpc) is 2.56. The summed E-state index contributed by atoms with van der Waals surface area (Å²) in [4.78, 5) is 0. The quantitative estimate of drug-likeness (QED) is 0.875. The summed E-state index contributed by atoms with van der Waals surface area (Å²) in [5.41, 5.74) is 2.48. The molecule has 0 amide bonds. The summed E-state index contributed by atoms with van der Waals surface area (Å²) in [6.45, 7) is 6.68. The van der Waals surface area contributed by atoms with Gasteiger partial charge >= 0.3 is 0 Å². The van der Waals surface area contributed by atoms with E-state index in [4.69, 9.17) is 0 Å². The number of halogens is 1. The highest BCUT2D eigenvalue weighted by molar-refractivity contribution is 9.10. The summed E-state index contributed by atoms with van der Waals surface area (Å²) < 4.78 is 3.22. The number of aromatic nitrogens is 2. The molecule has 2 atom stereocenters. The molecule has 1 aromatic rings. The Bertz CT molecular complexity index is 360. The smallest absolute Gasteiger partial charge is 0.0766 e. The van der Waals surface area contributed by atoms with Gasteiger partial charge in [0.25, 0.3) is 0 Å². The largest absolute Gasteiger partial charge is 0.317 e. The second-order valence-corrected chi connectivity index (χ2v) is 5.71. The monoisotopic (exact) mass is 301 g/mol. The van der Waals surface area contributed by atoms with Gasteiger partial charge in [-0.05, 0) is 55.1 Å². The van der Waals surface area contributed by atoms with Gasteiger partial charge in [0.15, 0.2) is 0 Å². The Kier molecular flexibility index (Phi) is 5.67. The third-order valence-corrected chi connectivity index (χ3v) is 4.21. The minimum Gasteiger partial charge on any atom is -0.317 e. The molecule has 0 saturated carbocycles. The zero-order valence-corrected chi connectivity index (χ0v) is 13.1. The molecule has 1 rings (SSSR count). The summed E-state index contributed by atoms with van der Waals surface area (Å²) in [5, 5.41) is 7.83. The van der Waals surface area contributed by atoms with Crippen LogP contribution in [-0.2, 0) is 19.9 Å². The molecule has 4 heteroatoms. The van der Waals surface area contributed by atoms with Gasteiger partial charge in [-0.1, -0.05) is 13.8 Å². The van der Waals surface area contributed by atoms with Gasteiger partial charge in [0.05, 0.1) is 15.9 Å². The Hall–Kier alpha value is -0.350. The van der Waals surface area contributed by atoms with E-state index in [9.17, 15) is 0 Å². The van der Waals surface area contributed by atoms with Crippen LogP contribution >= 0.6 is 15.9 Å². The van der Waals surface area contributed by atoms with E-state index in [0.29, 0.717) is 12.0 Å². The molecule has 0 spiro atoms. The standard InChI is InChI=1S/C13H24BrN3/c1-6-11-13(14)12(17(5)16-11)8-9(2)7-10(3)15-4/h9-10,15H,6-8H2,1-5H3. The first kappa shape index (κ1) is 14.7. The molecule has 0 aliphatic carbocycles. The van der Waals surface area contributed by atoms with Crippen molar-refractivity contribution in [2.45, 2.75) is 46.1 Å². The van der Waals surface area contributed by atoms with Gasteiger partial charge in [-0.2, -0.15) is 5.10 Å². The topological polar surface area (TPSA) is 29.9 Å². The molecule has 0 fully saturated rings. The molecule has 98 valence electrons. The second-order valence-electron chi connectivity index (χ2n) is 4.92. The van der Waals surface area contributed by atoms with Gasteiger partial charge in [0.1, 0.15) is 0 Å². The molecule has 0 aliphatic rings. The molecule has 0 radical (unpaired) electrons. The van der Waals surface area contributed by atoms with Crippen molar-refractivity contribution in [3.63, 3.8) is 0 Å². The normalized spacial score (nSPS) is 14.9. The number of hydrogen-bond donors (Lipinski definition) is 1. The number of aryl methyl sites for hydroxylation is 2. The van der Waals surface area contributed by atoms with Crippen LogP contribution in [0, 0.1) is 5.92 Å². The van der Waals surface area contributed by atoms with Crippen molar-refractivity contribution >= 4 is 15.9 Å². The fourth-order valence-corrected chi connectivity index (χ4v) is 2.95. The molecular weight excluding hydrogens is 278 g/mol. The van der Waals surface area contributed by atoms with E-state index in [1.54, 1.807) is 0 Å². The molecule has 0 aliphatic heterocycles. The van der Waals surface area contributed by atoms with Crippen molar-refractivity contribution in [3.05, 3.63) is 15.9 Å². The number of nitrogens with one attached hydrogen (secondary N) is 1. The van der Waals surface area contributed by atoms with Crippen molar-refractivity contribution in [2.75, 3.05) is 7.05 Å². The van der Waals surface area contributed by atoms with Gasteiger partial charge in [-0.3, -0.25) is 4.68 Å². The van der Waals surface area contributed by atoms with Crippen LogP contribution in [-0.4, -0.2) is 22.9 Å². The van der Waals surface area contributed by atoms with Crippen LogP contribution in [0.15, 0.2) is 4.47 Å². The lowest BCUT2D eigenvalue weighted by molar-refractivity contribution is 0.431. The first-order valence-corrected chi connectivity index (χ1v) is 7.16. The summed E-state index contributed by atoms with van der Waals surface area (Å²) in [6, 6.07) is 0.572. The maximum Gasteiger partial charge on any atom is 0.0766 e. The average molecular weight is 302 g/mol. The van der Waals surface area contributed by atoms with Gasteiger partial charge in [0.2, 0.25) is 0 Å². The van der Waals surface area contributed by atoms with Crippen molar-refractivity contribution in [1.29, 1.82) is 0 Å². The predicted octanol–water partition coefficient (Wildman–Crippen LogP) is 2.92. The zero-order chi connectivity index (χ0) is 13.0. The highest BCUT2D eigenvalue weighted by Crippen LogP contribution is 2.25. The maximum absolute atomic E-state index is 4.54. The van der Waals surface area contributed by atoms with Crippen LogP contribution < -0.4 is 5.32 Å². The van der Waals surface area contributed by atoms with Gasteiger partial charge < -0.3 is 5.32 Å². The van der Waals surface area contributed by atoms with E-state index in [1.165, 1.54) is 16.6 Å². The zero-order valence-electron chi connectivity index (χ0n) is 11.5. The fraction of sp³-hybridized carbons (Fsp3) is 0.769. The summed E-state index contributed by atoms with van der Waals surface area (Å²) in [5.74, 6) is 0.661. The molecule has 0 saturated heterocycles. The molecule has 1 N–H and O–H groups in total. The lowest BCUT2D eigenvalue weighted by Gasteiger charge is -2.16. The maximum atomic E-state index is 4.54. The molecule has 0 bridgehead atoms. The molecular formula is C13H24BrN3. The first-order chi connectivity index (χ1) is 7.99. The van der Waals surface area contributed by atoms with Crippen LogP contribution in [0.5, 0.6) is 0 Å². The summed E-state index contributed by atoms with van der Waals surface area (Å²) in [7, 11) is 4.06. The Morgan fingerprint density at radius 3 is 2.53 bits per heavy atom. The Balaban J connectivity index is 2.71. The molecule has 0 aromatic carbocycles. The SMILES string of the molecule is CCc1nn(C)c(CC(C)CC(C)NC)c1Br. The summed E-state index contributed by atoms with van der Waals surface area (Å²) >= 11 is 3.68. The van der Waals surface area contributed by atoms with Crippen LogP contribution in [0.1, 0.15) is 38.6 Å². The minimum atomic E-state index is 0.572. The van der Waals surface area contributed by atoms with Gasteiger partial charge in [-0.15, -0.1) is 0 Å². The first-order valence-electron chi connectivity index (χ1n) is 6.37. The van der Waals surface area contributed by atoms with Crippen LogP contribution in [0.2, 0.25) is 0 Å².